The summed E-state index contributed by atoms with van der Waals surface area (Å²) in [6.45, 7) is 0. The zero-order valence-electron chi connectivity index (χ0n) is 14.2. The molecule has 0 atom stereocenters. The van der Waals surface area contributed by atoms with E-state index in [9.17, 15) is 0 Å². The van der Waals surface area contributed by atoms with Gasteiger partial charge in [0.25, 0.3) is 0 Å². The predicted molar refractivity (Wildman–Crippen MR) is 98.7 cm³/mol. The summed E-state index contributed by atoms with van der Waals surface area (Å²) in [4.78, 5) is 0. The molecule has 0 amide bonds. The van der Waals surface area contributed by atoms with Crippen LogP contribution < -0.4 is 0 Å². The maximum atomic E-state index is 3.50. The maximum absolute atomic E-state index is 3.50. The third-order valence-corrected chi connectivity index (χ3v) is 6.65. The van der Waals surface area contributed by atoms with Gasteiger partial charge in [-0.05, 0) is 85.5 Å². The molecule has 0 saturated heterocycles. The Kier molecular flexibility index (Phi) is 3.30. The molecule has 0 nitrogen and oxygen atoms in total. The second kappa shape index (κ2) is 5.52. The first kappa shape index (κ1) is 14.4. The van der Waals surface area contributed by atoms with E-state index in [0.29, 0.717) is 5.41 Å². The molecule has 0 heterocycles. The summed E-state index contributed by atoms with van der Waals surface area (Å²) in [6, 6.07) is 19.4. The third kappa shape index (κ3) is 2.39. The minimum Gasteiger partial charge on any atom is -0.0622 e. The fraction of sp³-hybridized carbons (Fsp3) is 0.417. The van der Waals surface area contributed by atoms with Crippen LogP contribution in [-0.4, -0.2) is 0 Å². The van der Waals surface area contributed by atoms with E-state index in [2.05, 4.69) is 66.4 Å². The Morgan fingerprint density at radius 2 is 1.25 bits per heavy atom. The van der Waals surface area contributed by atoms with E-state index in [-0.39, 0.29) is 0 Å². The zero-order chi connectivity index (χ0) is 16.0. The molecule has 4 saturated carbocycles. The minimum atomic E-state index is 0.427. The van der Waals surface area contributed by atoms with Crippen LogP contribution in [0.3, 0.4) is 0 Å². The summed E-state index contributed by atoms with van der Waals surface area (Å²) in [7, 11) is 0. The molecule has 0 spiro atoms. The van der Waals surface area contributed by atoms with Crippen molar-refractivity contribution in [1.29, 1.82) is 0 Å². The van der Waals surface area contributed by atoms with E-state index >= 15 is 0 Å². The number of hydrogen-bond donors (Lipinski definition) is 0. The van der Waals surface area contributed by atoms with Crippen LogP contribution in [0.25, 0.3) is 0 Å². The lowest BCUT2D eigenvalue weighted by Crippen LogP contribution is -2.48. The molecule has 6 rings (SSSR count). The van der Waals surface area contributed by atoms with Crippen molar-refractivity contribution in [3.05, 3.63) is 71.3 Å². The Morgan fingerprint density at radius 1 is 0.667 bits per heavy atom. The summed E-state index contributed by atoms with van der Waals surface area (Å²) in [5.41, 5.74) is 4.35. The third-order valence-electron chi connectivity index (χ3n) is 6.65. The van der Waals surface area contributed by atoms with Gasteiger partial charge >= 0.3 is 0 Å². The van der Waals surface area contributed by atoms with Crippen molar-refractivity contribution in [2.45, 2.75) is 43.9 Å². The van der Waals surface area contributed by atoms with Gasteiger partial charge < -0.3 is 0 Å². The van der Waals surface area contributed by atoms with Gasteiger partial charge in [0, 0.05) is 11.1 Å². The average molecular weight is 312 g/mol. The molecule has 0 N–H and O–H groups in total. The van der Waals surface area contributed by atoms with Crippen molar-refractivity contribution in [3.8, 4) is 11.8 Å². The molecule has 4 aliphatic carbocycles. The van der Waals surface area contributed by atoms with Gasteiger partial charge in [-0.15, -0.1) is 0 Å². The molecule has 4 fully saturated rings. The smallest absolute Gasteiger partial charge is 0.0286 e. The van der Waals surface area contributed by atoms with Crippen LogP contribution in [0.2, 0.25) is 0 Å². The van der Waals surface area contributed by atoms with E-state index in [1.54, 1.807) is 5.56 Å². The Hall–Kier alpha value is -2.00. The molecular weight excluding hydrogens is 288 g/mol. The van der Waals surface area contributed by atoms with Crippen LogP contribution >= 0.6 is 0 Å². The van der Waals surface area contributed by atoms with Crippen molar-refractivity contribution in [3.63, 3.8) is 0 Å². The van der Waals surface area contributed by atoms with Crippen LogP contribution in [-0.2, 0) is 5.41 Å². The van der Waals surface area contributed by atoms with Gasteiger partial charge in [0.2, 0.25) is 0 Å². The first-order valence-corrected chi connectivity index (χ1v) is 9.47. The molecule has 2 aromatic rings. The predicted octanol–water partition coefficient (Wildman–Crippen LogP) is 5.55. The Balaban J connectivity index is 1.55. The standard InChI is InChI=1S/C24H24/c1-2-6-18(7-3-1)10-11-22-8-4-5-9-23(22)24-15-19-12-20(16-24)14-21(13-19)17-24/h1-9,19-21H,12-17H2. The summed E-state index contributed by atoms with van der Waals surface area (Å²) in [6.07, 6.45) is 8.71. The summed E-state index contributed by atoms with van der Waals surface area (Å²) in [5, 5.41) is 0. The second-order valence-corrected chi connectivity index (χ2v) is 8.36. The molecule has 4 aliphatic rings. The highest BCUT2D eigenvalue weighted by atomic mass is 14.6. The van der Waals surface area contributed by atoms with Crippen molar-refractivity contribution in [2.75, 3.05) is 0 Å². The van der Waals surface area contributed by atoms with E-state index in [1.807, 2.05) is 0 Å². The summed E-state index contributed by atoms with van der Waals surface area (Å²) >= 11 is 0. The summed E-state index contributed by atoms with van der Waals surface area (Å²) in [5.74, 6) is 9.82. The van der Waals surface area contributed by atoms with Gasteiger partial charge in [0.15, 0.2) is 0 Å². The van der Waals surface area contributed by atoms with Crippen molar-refractivity contribution >= 4 is 0 Å². The molecular formula is C24H24. The lowest BCUT2D eigenvalue weighted by molar-refractivity contribution is -0.00529. The van der Waals surface area contributed by atoms with Crippen molar-refractivity contribution < 1.29 is 0 Å². The molecule has 2 aromatic carbocycles. The largest absolute Gasteiger partial charge is 0.0622 e. The normalized spacial score (nSPS) is 33.1. The first-order valence-electron chi connectivity index (χ1n) is 9.47. The molecule has 4 bridgehead atoms. The molecule has 0 aromatic heterocycles. The Bertz CT molecular complexity index is 767. The van der Waals surface area contributed by atoms with E-state index < -0.39 is 0 Å². The molecule has 0 unspecified atom stereocenters. The van der Waals surface area contributed by atoms with Gasteiger partial charge in [-0.1, -0.05) is 48.2 Å². The molecule has 0 heteroatoms. The molecule has 0 radical (unpaired) electrons. The monoisotopic (exact) mass is 312 g/mol. The van der Waals surface area contributed by atoms with E-state index in [0.717, 1.165) is 23.3 Å². The van der Waals surface area contributed by atoms with Gasteiger partial charge in [0.1, 0.15) is 0 Å². The fourth-order valence-corrected chi connectivity index (χ4v) is 6.16. The van der Waals surface area contributed by atoms with Gasteiger partial charge in [-0.25, -0.2) is 0 Å². The number of rotatable bonds is 1. The Labute approximate surface area is 145 Å². The van der Waals surface area contributed by atoms with Crippen LogP contribution in [0, 0.1) is 29.6 Å². The van der Waals surface area contributed by atoms with Crippen molar-refractivity contribution in [2.24, 2.45) is 17.8 Å². The van der Waals surface area contributed by atoms with Gasteiger partial charge in [0.05, 0.1) is 0 Å². The first-order chi connectivity index (χ1) is 11.8. The highest BCUT2D eigenvalue weighted by Gasteiger charge is 2.52. The van der Waals surface area contributed by atoms with E-state index in [4.69, 9.17) is 0 Å². The lowest BCUT2D eigenvalue weighted by Gasteiger charge is -2.57. The zero-order valence-corrected chi connectivity index (χ0v) is 14.2. The molecule has 24 heavy (non-hydrogen) atoms. The van der Waals surface area contributed by atoms with Crippen LogP contribution in [0.1, 0.15) is 55.2 Å². The SMILES string of the molecule is C(#Cc1ccccc1C12CC3CC(CC(C3)C1)C2)c1ccccc1. The maximum Gasteiger partial charge on any atom is 0.0286 e. The van der Waals surface area contributed by atoms with Crippen LogP contribution in [0.15, 0.2) is 54.6 Å². The minimum absolute atomic E-state index is 0.427. The highest BCUT2D eigenvalue weighted by Crippen LogP contribution is 2.61. The highest BCUT2D eigenvalue weighted by molar-refractivity contribution is 5.49. The lowest BCUT2D eigenvalue weighted by atomic mass is 9.47. The van der Waals surface area contributed by atoms with Crippen LogP contribution in [0.5, 0.6) is 0 Å². The van der Waals surface area contributed by atoms with E-state index in [1.165, 1.54) is 44.1 Å². The fourth-order valence-electron chi connectivity index (χ4n) is 6.16. The van der Waals surface area contributed by atoms with Crippen LogP contribution in [0.4, 0.5) is 0 Å². The van der Waals surface area contributed by atoms with Crippen molar-refractivity contribution in [1.82, 2.24) is 0 Å². The van der Waals surface area contributed by atoms with Gasteiger partial charge in [-0.3, -0.25) is 0 Å². The molecule has 120 valence electrons. The topological polar surface area (TPSA) is 0 Å². The Morgan fingerprint density at radius 3 is 1.92 bits per heavy atom. The number of hydrogen-bond acceptors (Lipinski definition) is 0. The summed E-state index contributed by atoms with van der Waals surface area (Å²) < 4.78 is 0. The van der Waals surface area contributed by atoms with Gasteiger partial charge in [-0.2, -0.15) is 0 Å². The number of benzene rings is 2. The average Bonchev–Trinajstić information content (AvgIpc) is 2.60. The quantitative estimate of drug-likeness (QED) is 0.605. The second-order valence-electron chi connectivity index (χ2n) is 8.36. The molecule has 0 aliphatic heterocycles.